The van der Waals surface area contributed by atoms with Gasteiger partial charge in [-0.2, -0.15) is 5.10 Å². The molecule has 0 saturated heterocycles. The van der Waals surface area contributed by atoms with Crippen LogP contribution in [-0.2, 0) is 11.3 Å². The highest BCUT2D eigenvalue weighted by molar-refractivity contribution is 5.92. The Hall–Kier alpha value is -2.10. The van der Waals surface area contributed by atoms with Gasteiger partial charge in [-0.1, -0.05) is 18.2 Å². The first-order valence-electron chi connectivity index (χ1n) is 6.34. The standard InChI is InChI=1S/C15H19N3O/c1-10-6-5-7-11(2)15(10)16-14(19)9-18-13(4)8-12(3)17-18/h5-8H,9H2,1-4H3,(H,16,19). The van der Waals surface area contributed by atoms with E-state index in [4.69, 9.17) is 0 Å². The van der Waals surface area contributed by atoms with Gasteiger partial charge < -0.3 is 5.32 Å². The van der Waals surface area contributed by atoms with Crippen molar-refractivity contribution in [3.63, 3.8) is 0 Å². The van der Waals surface area contributed by atoms with E-state index in [1.165, 1.54) is 0 Å². The van der Waals surface area contributed by atoms with E-state index in [2.05, 4.69) is 10.4 Å². The average molecular weight is 257 g/mol. The zero-order valence-electron chi connectivity index (χ0n) is 11.8. The van der Waals surface area contributed by atoms with Crippen molar-refractivity contribution in [1.82, 2.24) is 9.78 Å². The lowest BCUT2D eigenvalue weighted by atomic mass is 10.1. The topological polar surface area (TPSA) is 46.9 Å². The Morgan fingerprint density at radius 2 is 1.84 bits per heavy atom. The van der Waals surface area contributed by atoms with Gasteiger partial charge in [0.1, 0.15) is 6.54 Å². The maximum atomic E-state index is 12.1. The number of para-hydroxylation sites is 1. The van der Waals surface area contributed by atoms with Crippen LogP contribution in [0.1, 0.15) is 22.5 Å². The normalized spacial score (nSPS) is 10.5. The molecule has 4 nitrogen and oxygen atoms in total. The Bertz CT molecular complexity index is 594. The van der Waals surface area contributed by atoms with E-state index in [1.807, 2.05) is 52.0 Å². The van der Waals surface area contributed by atoms with Crippen molar-refractivity contribution >= 4 is 11.6 Å². The molecular weight excluding hydrogens is 238 g/mol. The summed E-state index contributed by atoms with van der Waals surface area (Å²) in [6, 6.07) is 7.94. The van der Waals surface area contributed by atoms with Gasteiger partial charge in [0.15, 0.2) is 0 Å². The monoisotopic (exact) mass is 257 g/mol. The molecule has 1 aromatic carbocycles. The molecule has 0 unspecified atom stereocenters. The summed E-state index contributed by atoms with van der Waals surface area (Å²) >= 11 is 0. The summed E-state index contributed by atoms with van der Waals surface area (Å²) in [5, 5.41) is 7.26. The van der Waals surface area contributed by atoms with E-state index in [9.17, 15) is 4.79 Å². The van der Waals surface area contributed by atoms with Gasteiger partial charge in [-0.25, -0.2) is 0 Å². The van der Waals surface area contributed by atoms with Crippen LogP contribution in [0.25, 0.3) is 0 Å². The van der Waals surface area contributed by atoms with E-state index in [1.54, 1.807) is 4.68 Å². The van der Waals surface area contributed by atoms with Crippen molar-refractivity contribution < 1.29 is 4.79 Å². The zero-order chi connectivity index (χ0) is 14.0. The van der Waals surface area contributed by atoms with Gasteiger partial charge in [-0.15, -0.1) is 0 Å². The summed E-state index contributed by atoms with van der Waals surface area (Å²) in [6.45, 7) is 8.10. The molecule has 0 atom stereocenters. The molecule has 19 heavy (non-hydrogen) atoms. The number of anilines is 1. The van der Waals surface area contributed by atoms with Crippen LogP contribution < -0.4 is 5.32 Å². The van der Waals surface area contributed by atoms with Gasteiger partial charge in [0.05, 0.1) is 5.69 Å². The molecule has 0 fully saturated rings. The first-order valence-corrected chi connectivity index (χ1v) is 6.34. The van der Waals surface area contributed by atoms with E-state index in [0.29, 0.717) is 0 Å². The van der Waals surface area contributed by atoms with E-state index < -0.39 is 0 Å². The number of rotatable bonds is 3. The molecule has 100 valence electrons. The predicted octanol–water partition coefficient (Wildman–Crippen LogP) is 2.76. The Kier molecular flexibility index (Phi) is 3.69. The number of carbonyl (C=O) groups excluding carboxylic acids is 1. The minimum Gasteiger partial charge on any atom is -0.324 e. The summed E-state index contributed by atoms with van der Waals surface area (Å²) < 4.78 is 1.72. The molecule has 0 aliphatic rings. The zero-order valence-corrected chi connectivity index (χ0v) is 11.8. The van der Waals surface area contributed by atoms with Crippen molar-refractivity contribution in [2.75, 3.05) is 5.32 Å². The average Bonchev–Trinajstić information content (AvgIpc) is 2.63. The van der Waals surface area contributed by atoms with Crippen LogP contribution in [0.5, 0.6) is 0 Å². The highest BCUT2D eigenvalue weighted by Gasteiger charge is 2.10. The number of benzene rings is 1. The van der Waals surface area contributed by atoms with Crippen LogP contribution in [0.2, 0.25) is 0 Å². The Morgan fingerprint density at radius 3 is 2.37 bits per heavy atom. The molecule has 1 N–H and O–H groups in total. The van der Waals surface area contributed by atoms with Crippen LogP contribution in [0.3, 0.4) is 0 Å². The second-order valence-electron chi connectivity index (χ2n) is 4.90. The number of hydrogen-bond donors (Lipinski definition) is 1. The van der Waals surface area contributed by atoms with Gasteiger partial charge in [0.2, 0.25) is 5.91 Å². The molecule has 0 radical (unpaired) electrons. The number of hydrogen-bond acceptors (Lipinski definition) is 2. The quantitative estimate of drug-likeness (QED) is 0.919. The van der Waals surface area contributed by atoms with Gasteiger partial charge in [0, 0.05) is 11.4 Å². The predicted molar refractivity (Wildman–Crippen MR) is 76.2 cm³/mol. The molecule has 4 heteroatoms. The lowest BCUT2D eigenvalue weighted by Crippen LogP contribution is -2.21. The highest BCUT2D eigenvalue weighted by Crippen LogP contribution is 2.19. The number of carbonyl (C=O) groups is 1. The third kappa shape index (κ3) is 3.02. The number of amides is 1. The summed E-state index contributed by atoms with van der Waals surface area (Å²) in [4.78, 5) is 12.1. The van der Waals surface area contributed by atoms with Crippen LogP contribution in [-0.4, -0.2) is 15.7 Å². The third-order valence-corrected chi connectivity index (χ3v) is 3.14. The molecule has 0 bridgehead atoms. The molecular formula is C15H19N3O. The molecule has 1 amide bonds. The van der Waals surface area contributed by atoms with Crippen molar-refractivity contribution in [3.05, 3.63) is 46.8 Å². The fourth-order valence-electron chi connectivity index (χ4n) is 2.16. The maximum Gasteiger partial charge on any atom is 0.246 e. The summed E-state index contributed by atoms with van der Waals surface area (Å²) in [5.74, 6) is -0.0522. The third-order valence-electron chi connectivity index (χ3n) is 3.14. The van der Waals surface area contributed by atoms with Gasteiger partial charge in [0.25, 0.3) is 0 Å². The highest BCUT2D eigenvalue weighted by atomic mass is 16.2. The summed E-state index contributed by atoms with van der Waals surface area (Å²) in [5.41, 5.74) is 4.96. The Morgan fingerprint density at radius 1 is 1.21 bits per heavy atom. The molecule has 0 spiro atoms. The maximum absolute atomic E-state index is 12.1. The fraction of sp³-hybridized carbons (Fsp3) is 0.333. The summed E-state index contributed by atoms with van der Waals surface area (Å²) in [6.07, 6.45) is 0. The second-order valence-corrected chi connectivity index (χ2v) is 4.90. The lowest BCUT2D eigenvalue weighted by Gasteiger charge is -2.12. The number of aromatic nitrogens is 2. The van der Waals surface area contributed by atoms with Crippen LogP contribution in [0.4, 0.5) is 5.69 Å². The van der Waals surface area contributed by atoms with Crippen molar-refractivity contribution in [2.45, 2.75) is 34.2 Å². The molecule has 1 aromatic heterocycles. The van der Waals surface area contributed by atoms with Crippen molar-refractivity contribution in [1.29, 1.82) is 0 Å². The first kappa shape index (κ1) is 13.3. The summed E-state index contributed by atoms with van der Waals surface area (Å²) in [7, 11) is 0. The molecule has 2 aromatic rings. The van der Waals surface area contributed by atoms with Gasteiger partial charge >= 0.3 is 0 Å². The Balaban J connectivity index is 2.12. The second kappa shape index (κ2) is 5.26. The van der Waals surface area contributed by atoms with E-state index in [0.717, 1.165) is 28.2 Å². The molecule has 0 aliphatic heterocycles. The minimum atomic E-state index is -0.0522. The van der Waals surface area contributed by atoms with Crippen molar-refractivity contribution in [2.24, 2.45) is 0 Å². The minimum absolute atomic E-state index is 0.0522. The van der Waals surface area contributed by atoms with E-state index in [-0.39, 0.29) is 12.5 Å². The molecule has 0 saturated carbocycles. The van der Waals surface area contributed by atoms with Crippen molar-refractivity contribution in [3.8, 4) is 0 Å². The Labute approximate surface area is 113 Å². The molecule has 2 rings (SSSR count). The SMILES string of the molecule is Cc1cc(C)n(CC(=O)Nc2c(C)cccc2C)n1. The number of aryl methyl sites for hydroxylation is 4. The smallest absolute Gasteiger partial charge is 0.246 e. The van der Waals surface area contributed by atoms with Crippen LogP contribution in [0.15, 0.2) is 24.3 Å². The van der Waals surface area contributed by atoms with Crippen LogP contribution >= 0.6 is 0 Å². The van der Waals surface area contributed by atoms with E-state index >= 15 is 0 Å². The largest absolute Gasteiger partial charge is 0.324 e. The van der Waals surface area contributed by atoms with Gasteiger partial charge in [-0.3, -0.25) is 9.48 Å². The first-order chi connectivity index (χ1) is 8.97. The number of nitrogens with zero attached hydrogens (tertiary/aromatic N) is 2. The number of nitrogens with one attached hydrogen (secondary N) is 1. The van der Waals surface area contributed by atoms with Crippen LogP contribution in [0, 0.1) is 27.7 Å². The van der Waals surface area contributed by atoms with Gasteiger partial charge in [-0.05, 0) is 44.9 Å². The molecule has 0 aliphatic carbocycles. The molecule has 1 heterocycles. The fourth-order valence-corrected chi connectivity index (χ4v) is 2.16. The lowest BCUT2D eigenvalue weighted by molar-refractivity contribution is -0.116.